The van der Waals surface area contributed by atoms with Crippen molar-refractivity contribution in [3.8, 4) is 0 Å². The Labute approximate surface area is 154 Å². The number of amides is 2. The Bertz CT molecular complexity index is 611. The molecule has 0 unspecified atom stereocenters. The maximum absolute atomic E-state index is 12.7. The van der Waals surface area contributed by atoms with Crippen LogP contribution < -0.4 is 5.32 Å². The minimum absolute atomic E-state index is 0.0329. The standard InChI is InChI=1S/C20H27ClN2O2/c21-17-9-5-7-15(13-17)20(25)23-12-6-8-16(14-23)19(24)22-18-10-3-1-2-4-11-18/h5,7,9,13,16,18H,1-4,6,8,10-12,14H2,(H,22,24)/t16-/m1/s1. The third-order valence-electron chi connectivity index (χ3n) is 5.35. The fourth-order valence-electron chi connectivity index (χ4n) is 3.92. The minimum Gasteiger partial charge on any atom is -0.353 e. The highest BCUT2D eigenvalue weighted by Crippen LogP contribution is 2.22. The van der Waals surface area contributed by atoms with E-state index in [-0.39, 0.29) is 17.7 Å². The third-order valence-corrected chi connectivity index (χ3v) is 5.59. The van der Waals surface area contributed by atoms with Crippen molar-refractivity contribution in [1.82, 2.24) is 10.2 Å². The van der Waals surface area contributed by atoms with Gasteiger partial charge in [-0.25, -0.2) is 0 Å². The van der Waals surface area contributed by atoms with Crippen molar-refractivity contribution in [3.05, 3.63) is 34.9 Å². The first-order valence-electron chi connectivity index (χ1n) is 9.49. The molecule has 2 amide bonds. The van der Waals surface area contributed by atoms with Gasteiger partial charge in [-0.2, -0.15) is 0 Å². The number of rotatable bonds is 3. The van der Waals surface area contributed by atoms with Gasteiger partial charge >= 0.3 is 0 Å². The average Bonchev–Trinajstić information content (AvgIpc) is 2.90. The Balaban J connectivity index is 1.58. The normalized spacial score (nSPS) is 22.3. The van der Waals surface area contributed by atoms with Gasteiger partial charge in [-0.15, -0.1) is 0 Å². The summed E-state index contributed by atoms with van der Waals surface area (Å²) >= 11 is 5.99. The molecule has 2 fully saturated rings. The summed E-state index contributed by atoms with van der Waals surface area (Å²) in [7, 11) is 0. The molecule has 0 aromatic heterocycles. The van der Waals surface area contributed by atoms with Crippen LogP contribution >= 0.6 is 11.6 Å². The summed E-state index contributed by atoms with van der Waals surface area (Å²) in [5.74, 6) is -0.00917. The molecule has 0 bridgehead atoms. The monoisotopic (exact) mass is 362 g/mol. The molecule has 1 atom stereocenters. The lowest BCUT2D eigenvalue weighted by Crippen LogP contribution is -2.47. The zero-order chi connectivity index (χ0) is 17.6. The second-order valence-electron chi connectivity index (χ2n) is 7.30. The number of likely N-dealkylation sites (tertiary alicyclic amines) is 1. The van der Waals surface area contributed by atoms with Gasteiger partial charge in [0.1, 0.15) is 0 Å². The molecule has 1 aliphatic heterocycles. The number of piperidine rings is 1. The summed E-state index contributed by atoms with van der Waals surface area (Å²) < 4.78 is 0. The van der Waals surface area contributed by atoms with Crippen LogP contribution in [0.4, 0.5) is 0 Å². The molecule has 1 saturated carbocycles. The molecule has 3 rings (SSSR count). The van der Waals surface area contributed by atoms with E-state index in [0.29, 0.717) is 29.7 Å². The van der Waals surface area contributed by atoms with E-state index < -0.39 is 0 Å². The lowest BCUT2D eigenvalue weighted by molar-refractivity contribution is -0.127. The molecule has 25 heavy (non-hydrogen) atoms. The maximum Gasteiger partial charge on any atom is 0.253 e. The van der Waals surface area contributed by atoms with E-state index in [2.05, 4.69) is 5.32 Å². The molecular weight excluding hydrogens is 336 g/mol. The molecule has 5 heteroatoms. The number of benzene rings is 1. The lowest BCUT2D eigenvalue weighted by atomic mass is 9.95. The van der Waals surface area contributed by atoms with Gasteiger partial charge in [0.15, 0.2) is 0 Å². The molecule has 0 spiro atoms. The Morgan fingerprint density at radius 1 is 1.04 bits per heavy atom. The van der Waals surface area contributed by atoms with E-state index in [9.17, 15) is 9.59 Å². The molecule has 1 saturated heterocycles. The summed E-state index contributed by atoms with van der Waals surface area (Å²) in [5.41, 5.74) is 0.595. The van der Waals surface area contributed by atoms with E-state index in [1.165, 1.54) is 25.7 Å². The maximum atomic E-state index is 12.7. The average molecular weight is 363 g/mol. The molecule has 1 heterocycles. The van der Waals surface area contributed by atoms with Crippen LogP contribution in [-0.4, -0.2) is 35.8 Å². The van der Waals surface area contributed by atoms with Gasteiger partial charge in [-0.05, 0) is 43.9 Å². The topological polar surface area (TPSA) is 49.4 Å². The van der Waals surface area contributed by atoms with Gasteiger partial charge in [0.05, 0.1) is 5.92 Å². The van der Waals surface area contributed by atoms with Crippen molar-refractivity contribution in [3.63, 3.8) is 0 Å². The van der Waals surface area contributed by atoms with Crippen LogP contribution in [0.2, 0.25) is 5.02 Å². The van der Waals surface area contributed by atoms with Crippen LogP contribution in [-0.2, 0) is 4.79 Å². The predicted octanol–water partition coefficient (Wildman–Crippen LogP) is 4.03. The molecule has 1 aromatic carbocycles. The Morgan fingerprint density at radius 3 is 2.52 bits per heavy atom. The van der Waals surface area contributed by atoms with Crippen molar-refractivity contribution in [2.75, 3.05) is 13.1 Å². The summed E-state index contributed by atoms with van der Waals surface area (Å²) in [6, 6.07) is 7.34. The number of halogens is 1. The molecule has 2 aliphatic rings. The summed E-state index contributed by atoms with van der Waals surface area (Å²) in [6.45, 7) is 1.21. The number of hydrogen-bond acceptors (Lipinski definition) is 2. The smallest absolute Gasteiger partial charge is 0.253 e. The third kappa shape index (κ3) is 4.97. The van der Waals surface area contributed by atoms with Crippen LogP contribution in [0.3, 0.4) is 0 Å². The summed E-state index contributed by atoms with van der Waals surface area (Å²) in [6.07, 6.45) is 8.86. The van der Waals surface area contributed by atoms with Crippen molar-refractivity contribution < 1.29 is 9.59 Å². The zero-order valence-corrected chi connectivity index (χ0v) is 15.4. The predicted molar refractivity (Wildman–Crippen MR) is 99.7 cm³/mol. The SMILES string of the molecule is O=C(NC1CCCCCC1)[C@@H]1CCCN(C(=O)c2cccc(Cl)c2)C1. The van der Waals surface area contributed by atoms with Crippen molar-refractivity contribution in [1.29, 1.82) is 0 Å². The fourth-order valence-corrected chi connectivity index (χ4v) is 4.11. The van der Waals surface area contributed by atoms with Gasteiger partial charge in [-0.3, -0.25) is 9.59 Å². The highest BCUT2D eigenvalue weighted by atomic mass is 35.5. The van der Waals surface area contributed by atoms with Crippen LogP contribution in [0.25, 0.3) is 0 Å². The summed E-state index contributed by atoms with van der Waals surface area (Å²) in [4.78, 5) is 27.2. The lowest BCUT2D eigenvalue weighted by Gasteiger charge is -2.33. The molecular formula is C20H27ClN2O2. The highest BCUT2D eigenvalue weighted by molar-refractivity contribution is 6.30. The van der Waals surface area contributed by atoms with Gasteiger partial charge in [-0.1, -0.05) is 43.4 Å². The number of carbonyl (C=O) groups is 2. The molecule has 1 aromatic rings. The first kappa shape index (κ1) is 18.2. The van der Waals surface area contributed by atoms with Gasteiger partial charge in [0.25, 0.3) is 5.91 Å². The zero-order valence-electron chi connectivity index (χ0n) is 14.7. The molecule has 0 radical (unpaired) electrons. The van der Waals surface area contributed by atoms with Gasteiger partial charge < -0.3 is 10.2 Å². The Kier molecular flexibility index (Phi) is 6.35. The van der Waals surface area contributed by atoms with Crippen molar-refractivity contribution in [2.24, 2.45) is 5.92 Å². The second-order valence-corrected chi connectivity index (χ2v) is 7.73. The fraction of sp³-hybridized carbons (Fsp3) is 0.600. The minimum atomic E-state index is -0.0971. The molecule has 136 valence electrons. The molecule has 1 aliphatic carbocycles. The number of nitrogens with one attached hydrogen (secondary N) is 1. The van der Waals surface area contributed by atoms with E-state index in [1.807, 2.05) is 0 Å². The van der Waals surface area contributed by atoms with E-state index in [4.69, 9.17) is 11.6 Å². The van der Waals surface area contributed by atoms with Gasteiger partial charge in [0.2, 0.25) is 5.91 Å². The van der Waals surface area contributed by atoms with E-state index in [1.54, 1.807) is 29.2 Å². The van der Waals surface area contributed by atoms with Crippen LogP contribution in [0.5, 0.6) is 0 Å². The first-order valence-corrected chi connectivity index (χ1v) is 9.86. The molecule has 1 N–H and O–H groups in total. The highest BCUT2D eigenvalue weighted by Gasteiger charge is 2.30. The Hall–Kier alpha value is -1.55. The van der Waals surface area contributed by atoms with E-state index in [0.717, 1.165) is 25.7 Å². The van der Waals surface area contributed by atoms with Crippen LogP contribution in [0, 0.1) is 5.92 Å². The van der Waals surface area contributed by atoms with Crippen LogP contribution in [0.15, 0.2) is 24.3 Å². The number of nitrogens with zero attached hydrogens (tertiary/aromatic N) is 1. The first-order chi connectivity index (χ1) is 12.1. The number of hydrogen-bond donors (Lipinski definition) is 1. The van der Waals surface area contributed by atoms with Crippen molar-refractivity contribution in [2.45, 2.75) is 57.4 Å². The van der Waals surface area contributed by atoms with Crippen molar-refractivity contribution >= 4 is 23.4 Å². The molecule has 4 nitrogen and oxygen atoms in total. The summed E-state index contributed by atoms with van der Waals surface area (Å²) in [5, 5.41) is 3.80. The van der Waals surface area contributed by atoms with Crippen LogP contribution in [0.1, 0.15) is 61.7 Å². The Morgan fingerprint density at radius 2 is 1.80 bits per heavy atom. The van der Waals surface area contributed by atoms with Gasteiger partial charge in [0, 0.05) is 29.7 Å². The second kappa shape index (κ2) is 8.70. The largest absolute Gasteiger partial charge is 0.353 e. The van der Waals surface area contributed by atoms with E-state index >= 15 is 0 Å². The quantitative estimate of drug-likeness (QED) is 0.825. The number of carbonyl (C=O) groups excluding carboxylic acids is 2.